The Hall–Kier alpha value is -0.280. The Bertz CT molecular complexity index is 605. The molecule has 0 spiro atoms. The van der Waals surface area contributed by atoms with E-state index >= 15 is 0 Å². The van der Waals surface area contributed by atoms with E-state index in [1.54, 1.807) is 12.1 Å². The van der Waals surface area contributed by atoms with E-state index < -0.39 is 0 Å². The van der Waals surface area contributed by atoms with Crippen LogP contribution in [0.2, 0.25) is 5.02 Å². The highest BCUT2D eigenvalue weighted by molar-refractivity contribution is 14.1. The SMILES string of the molecule is Nc1cc(I)c(F)cc1Nc1cc(I)ccc1Cl. The molecule has 0 saturated heterocycles. The third-order valence-corrected chi connectivity index (χ3v) is 4.12. The predicted molar refractivity (Wildman–Crippen MR) is 91.0 cm³/mol. The third kappa shape index (κ3) is 3.18. The maximum absolute atomic E-state index is 13.5. The van der Waals surface area contributed by atoms with Gasteiger partial charge in [0.1, 0.15) is 5.82 Å². The summed E-state index contributed by atoms with van der Waals surface area (Å²) in [6.45, 7) is 0. The molecule has 0 radical (unpaired) electrons. The van der Waals surface area contributed by atoms with Crippen molar-refractivity contribution in [2.24, 2.45) is 0 Å². The molecule has 18 heavy (non-hydrogen) atoms. The summed E-state index contributed by atoms with van der Waals surface area (Å²) in [6.07, 6.45) is 0. The van der Waals surface area contributed by atoms with Gasteiger partial charge in [-0.05, 0) is 69.4 Å². The van der Waals surface area contributed by atoms with E-state index in [1.807, 2.05) is 34.7 Å². The molecule has 0 atom stereocenters. The van der Waals surface area contributed by atoms with Crippen LogP contribution in [0.25, 0.3) is 0 Å². The lowest BCUT2D eigenvalue weighted by atomic mass is 10.2. The highest BCUT2D eigenvalue weighted by Crippen LogP contribution is 2.31. The van der Waals surface area contributed by atoms with Gasteiger partial charge in [0.2, 0.25) is 0 Å². The molecule has 2 aromatic rings. The van der Waals surface area contributed by atoms with E-state index in [0.29, 0.717) is 25.7 Å². The zero-order valence-corrected chi connectivity index (χ0v) is 14.0. The Balaban J connectivity index is 2.40. The first kappa shape index (κ1) is 14.1. The summed E-state index contributed by atoms with van der Waals surface area (Å²) in [4.78, 5) is 0. The van der Waals surface area contributed by atoms with Crippen LogP contribution in [0.1, 0.15) is 0 Å². The van der Waals surface area contributed by atoms with Gasteiger partial charge in [0, 0.05) is 9.64 Å². The molecule has 0 aliphatic heterocycles. The first-order valence-electron chi connectivity index (χ1n) is 4.94. The summed E-state index contributed by atoms with van der Waals surface area (Å²) in [5.74, 6) is -0.311. The van der Waals surface area contributed by atoms with E-state index in [2.05, 4.69) is 27.9 Å². The number of rotatable bonds is 2. The minimum atomic E-state index is -0.311. The molecular weight excluding hydrogens is 480 g/mol. The van der Waals surface area contributed by atoms with Gasteiger partial charge >= 0.3 is 0 Å². The minimum absolute atomic E-state index is 0.311. The monoisotopic (exact) mass is 488 g/mol. The molecule has 0 fully saturated rings. The summed E-state index contributed by atoms with van der Waals surface area (Å²) in [5.41, 5.74) is 7.54. The lowest BCUT2D eigenvalue weighted by Gasteiger charge is -2.12. The first-order valence-corrected chi connectivity index (χ1v) is 7.47. The number of anilines is 3. The second kappa shape index (κ2) is 5.79. The van der Waals surface area contributed by atoms with E-state index in [4.69, 9.17) is 17.3 Å². The van der Waals surface area contributed by atoms with Crippen molar-refractivity contribution in [1.29, 1.82) is 0 Å². The summed E-state index contributed by atoms with van der Waals surface area (Å²) < 4.78 is 15.0. The van der Waals surface area contributed by atoms with E-state index in [9.17, 15) is 4.39 Å². The average molecular weight is 488 g/mol. The van der Waals surface area contributed by atoms with Gasteiger partial charge in [0.05, 0.1) is 25.7 Å². The number of nitrogens with two attached hydrogens (primary N) is 1. The van der Waals surface area contributed by atoms with E-state index in [-0.39, 0.29) is 5.82 Å². The summed E-state index contributed by atoms with van der Waals surface area (Å²) >= 11 is 10.1. The number of hydrogen-bond donors (Lipinski definition) is 2. The molecule has 0 heterocycles. The van der Waals surface area contributed by atoms with Gasteiger partial charge in [-0.1, -0.05) is 11.6 Å². The lowest BCUT2D eigenvalue weighted by Crippen LogP contribution is -1.99. The molecule has 0 bridgehead atoms. The fourth-order valence-electron chi connectivity index (χ4n) is 1.41. The van der Waals surface area contributed by atoms with Gasteiger partial charge in [-0.2, -0.15) is 0 Å². The highest BCUT2D eigenvalue weighted by atomic mass is 127. The van der Waals surface area contributed by atoms with Crippen molar-refractivity contribution in [3.63, 3.8) is 0 Å². The Labute approximate surface area is 136 Å². The molecule has 2 rings (SSSR count). The number of nitrogen functional groups attached to an aromatic ring is 1. The highest BCUT2D eigenvalue weighted by Gasteiger charge is 2.08. The van der Waals surface area contributed by atoms with Gasteiger partial charge in [0.15, 0.2) is 0 Å². The smallest absolute Gasteiger partial charge is 0.138 e. The normalized spacial score (nSPS) is 10.4. The lowest BCUT2D eigenvalue weighted by molar-refractivity contribution is 0.621. The molecule has 0 aromatic heterocycles. The Kier molecular flexibility index (Phi) is 4.54. The maximum Gasteiger partial charge on any atom is 0.138 e. The van der Waals surface area contributed by atoms with Crippen LogP contribution in [0, 0.1) is 13.0 Å². The largest absolute Gasteiger partial charge is 0.397 e. The molecule has 94 valence electrons. The molecule has 0 aliphatic rings. The van der Waals surface area contributed by atoms with Crippen LogP contribution in [-0.2, 0) is 0 Å². The van der Waals surface area contributed by atoms with Gasteiger partial charge in [0.25, 0.3) is 0 Å². The molecule has 0 saturated carbocycles. The molecule has 0 amide bonds. The quantitative estimate of drug-likeness (QED) is 0.461. The van der Waals surface area contributed by atoms with Crippen molar-refractivity contribution >= 4 is 73.8 Å². The van der Waals surface area contributed by atoms with Crippen molar-refractivity contribution in [2.45, 2.75) is 0 Å². The standard InChI is InChI=1S/C12H8ClFI2N2/c13-7-2-1-6(15)3-11(7)18-12-4-8(14)9(16)5-10(12)17/h1-5,18H,17H2. The molecule has 0 aliphatic carbocycles. The zero-order chi connectivity index (χ0) is 13.3. The summed E-state index contributed by atoms with van der Waals surface area (Å²) in [5, 5.41) is 3.61. The Morgan fingerprint density at radius 3 is 2.56 bits per heavy atom. The van der Waals surface area contributed by atoms with Crippen molar-refractivity contribution in [1.82, 2.24) is 0 Å². The van der Waals surface area contributed by atoms with Gasteiger partial charge in [-0.3, -0.25) is 0 Å². The molecule has 2 aromatic carbocycles. The zero-order valence-electron chi connectivity index (χ0n) is 8.98. The van der Waals surface area contributed by atoms with Crippen molar-refractivity contribution in [3.8, 4) is 0 Å². The fraction of sp³-hybridized carbons (Fsp3) is 0. The van der Waals surface area contributed by atoms with Crippen molar-refractivity contribution < 1.29 is 4.39 Å². The van der Waals surface area contributed by atoms with Crippen LogP contribution in [0.15, 0.2) is 30.3 Å². The van der Waals surface area contributed by atoms with Gasteiger partial charge in [-0.25, -0.2) is 4.39 Å². The van der Waals surface area contributed by atoms with E-state index in [0.717, 1.165) is 3.57 Å². The van der Waals surface area contributed by atoms with Crippen LogP contribution in [0.4, 0.5) is 21.5 Å². The summed E-state index contributed by atoms with van der Waals surface area (Å²) in [6, 6.07) is 8.50. The molecule has 3 N–H and O–H groups in total. The number of nitrogens with one attached hydrogen (secondary N) is 1. The molecular formula is C12H8ClFI2N2. The van der Waals surface area contributed by atoms with Crippen molar-refractivity contribution in [2.75, 3.05) is 11.1 Å². The van der Waals surface area contributed by atoms with Crippen LogP contribution in [0.3, 0.4) is 0 Å². The Morgan fingerprint density at radius 1 is 1.11 bits per heavy atom. The average Bonchev–Trinajstić information content (AvgIpc) is 2.30. The first-order chi connectivity index (χ1) is 8.47. The topological polar surface area (TPSA) is 38.0 Å². The minimum Gasteiger partial charge on any atom is -0.397 e. The molecule has 2 nitrogen and oxygen atoms in total. The second-order valence-electron chi connectivity index (χ2n) is 3.60. The van der Waals surface area contributed by atoms with Gasteiger partial charge < -0.3 is 11.1 Å². The van der Waals surface area contributed by atoms with Crippen LogP contribution < -0.4 is 11.1 Å². The molecule has 6 heteroatoms. The van der Waals surface area contributed by atoms with Crippen molar-refractivity contribution in [3.05, 3.63) is 48.3 Å². The number of halogens is 4. The Morgan fingerprint density at radius 2 is 1.83 bits per heavy atom. The molecule has 0 unspecified atom stereocenters. The predicted octanol–water partition coefficient (Wildman–Crippen LogP) is 5.01. The van der Waals surface area contributed by atoms with Crippen LogP contribution in [-0.4, -0.2) is 0 Å². The van der Waals surface area contributed by atoms with Crippen LogP contribution >= 0.6 is 56.8 Å². The number of benzene rings is 2. The summed E-state index contributed by atoms with van der Waals surface area (Å²) in [7, 11) is 0. The maximum atomic E-state index is 13.5. The fourth-order valence-corrected chi connectivity index (χ4v) is 2.56. The van der Waals surface area contributed by atoms with Crippen LogP contribution in [0.5, 0.6) is 0 Å². The third-order valence-electron chi connectivity index (χ3n) is 2.29. The van der Waals surface area contributed by atoms with Gasteiger partial charge in [-0.15, -0.1) is 0 Å². The number of hydrogen-bond acceptors (Lipinski definition) is 2. The van der Waals surface area contributed by atoms with E-state index in [1.165, 1.54) is 6.07 Å². The second-order valence-corrected chi connectivity index (χ2v) is 6.42.